The Bertz CT molecular complexity index is 239. The number of hydrogen-bond acceptors (Lipinski definition) is 3. The number of rotatable bonds is 8. The lowest BCUT2D eigenvalue weighted by Crippen LogP contribution is -2.31. The summed E-state index contributed by atoms with van der Waals surface area (Å²) in [5.41, 5.74) is 0. The van der Waals surface area contributed by atoms with Crippen molar-refractivity contribution in [2.45, 2.75) is 20.3 Å². The Hall–Kier alpha value is -1.36. The molecule has 0 aromatic rings. The molecule has 16 heavy (non-hydrogen) atoms. The summed E-state index contributed by atoms with van der Waals surface area (Å²) in [6.45, 7) is 8.51. The number of hydrogen-bond donors (Lipinski definition) is 2. The van der Waals surface area contributed by atoms with Crippen LogP contribution in [0.15, 0.2) is 12.7 Å². The van der Waals surface area contributed by atoms with Crippen molar-refractivity contribution >= 4 is 11.8 Å². The fourth-order valence-electron chi connectivity index (χ4n) is 0.886. The van der Waals surface area contributed by atoms with Crippen LogP contribution in [0.5, 0.6) is 0 Å². The highest BCUT2D eigenvalue weighted by Crippen LogP contribution is 1.90. The van der Waals surface area contributed by atoms with Gasteiger partial charge in [-0.2, -0.15) is 0 Å². The maximum atomic E-state index is 11.2. The van der Waals surface area contributed by atoms with Crippen LogP contribution in [0.2, 0.25) is 0 Å². The van der Waals surface area contributed by atoms with Crippen molar-refractivity contribution in [3.05, 3.63) is 12.7 Å². The number of ether oxygens (including phenoxy) is 1. The lowest BCUT2D eigenvalue weighted by Gasteiger charge is -2.08. The lowest BCUT2D eigenvalue weighted by molar-refractivity contribution is -0.123. The van der Waals surface area contributed by atoms with E-state index in [1.165, 1.54) is 6.08 Å². The fraction of sp³-hybridized carbons (Fsp3) is 0.636. The van der Waals surface area contributed by atoms with Gasteiger partial charge in [0.15, 0.2) is 0 Å². The molecule has 0 unspecified atom stereocenters. The van der Waals surface area contributed by atoms with Gasteiger partial charge in [0.1, 0.15) is 6.73 Å². The van der Waals surface area contributed by atoms with E-state index in [2.05, 4.69) is 17.2 Å². The van der Waals surface area contributed by atoms with Crippen LogP contribution in [0, 0.1) is 5.92 Å². The standard InChI is InChI=1S/C11H20N2O3/c1-4-10(14)12-6-5-11(15)13-8-16-7-9(2)3/h4,9H,1,5-8H2,2-3H3,(H,12,14)(H,13,15). The monoisotopic (exact) mass is 228 g/mol. The van der Waals surface area contributed by atoms with E-state index >= 15 is 0 Å². The molecule has 0 rings (SSSR count). The summed E-state index contributed by atoms with van der Waals surface area (Å²) in [4.78, 5) is 21.9. The molecule has 0 aliphatic carbocycles. The summed E-state index contributed by atoms with van der Waals surface area (Å²) in [7, 11) is 0. The van der Waals surface area contributed by atoms with Crippen molar-refractivity contribution < 1.29 is 14.3 Å². The largest absolute Gasteiger partial charge is 0.361 e. The van der Waals surface area contributed by atoms with Crippen LogP contribution >= 0.6 is 0 Å². The summed E-state index contributed by atoms with van der Waals surface area (Å²) in [5, 5.41) is 5.10. The van der Waals surface area contributed by atoms with Crippen molar-refractivity contribution in [3.8, 4) is 0 Å². The zero-order valence-electron chi connectivity index (χ0n) is 9.91. The summed E-state index contributed by atoms with van der Waals surface area (Å²) in [5.74, 6) is 0.0285. The molecule has 0 fully saturated rings. The molecule has 92 valence electrons. The van der Waals surface area contributed by atoms with Crippen LogP contribution in [0.1, 0.15) is 20.3 Å². The molecule has 0 heterocycles. The summed E-state index contributed by atoms with van der Waals surface area (Å²) in [6.07, 6.45) is 1.41. The maximum absolute atomic E-state index is 11.2. The Kier molecular flexibility index (Phi) is 8.15. The summed E-state index contributed by atoms with van der Waals surface area (Å²) < 4.78 is 5.18. The zero-order valence-corrected chi connectivity index (χ0v) is 9.91. The van der Waals surface area contributed by atoms with Gasteiger partial charge < -0.3 is 15.4 Å². The molecule has 0 saturated carbocycles. The number of carbonyl (C=O) groups is 2. The molecule has 0 radical (unpaired) electrons. The first kappa shape index (κ1) is 14.6. The van der Waals surface area contributed by atoms with Crippen LogP contribution in [0.4, 0.5) is 0 Å². The molecule has 0 spiro atoms. The molecule has 0 aromatic heterocycles. The zero-order chi connectivity index (χ0) is 12.4. The minimum atomic E-state index is -0.274. The Balaban J connectivity index is 3.38. The van der Waals surface area contributed by atoms with Crippen molar-refractivity contribution in [1.29, 1.82) is 0 Å². The molecule has 2 N–H and O–H groups in total. The van der Waals surface area contributed by atoms with E-state index in [1.54, 1.807) is 0 Å². The van der Waals surface area contributed by atoms with E-state index in [0.717, 1.165) is 0 Å². The summed E-state index contributed by atoms with van der Waals surface area (Å²) in [6, 6.07) is 0. The first-order chi connectivity index (χ1) is 7.56. The third kappa shape index (κ3) is 9.21. The van der Waals surface area contributed by atoms with E-state index in [1.807, 2.05) is 13.8 Å². The molecule has 0 aliphatic rings. The van der Waals surface area contributed by atoms with Gasteiger partial charge in [0.05, 0.1) is 6.61 Å². The second-order valence-corrected chi connectivity index (χ2v) is 3.75. The molecular formula is C11H20N2O3. The number of carbonyl (C=O) groups excluding carboxylic acids is 2. The smallest absolute Gasteiger partial charge is 0.243 e. The third-order valence-electron chi connectivity index (χ3n) is 1.66. The van der Waals surface area contributed by atoms with E-state index in [9.17, 15) is 9.59 Å². The quantitative estimate of drug-likeness (QED) is 0.359. The predicted molar refractivity (Wildman–Crippen MR) is 61.6 cm³/mol. The highest BCUT2D eigenvalue weighted by atomic mass is 16.5. The van der Waals surface area contributed by atoms with Gasteiger partial charge in [-0.3, -0.25) is 9.59 Å². The fourth-order valence-corrected chi connectivity index (χ4v) is 0.886. The normalized spacial score (nSPS) is 9.94. The highest BCUT2D eigenvalue weighted by Gasteiger charge is 2.01. The minimum absolute atomic E-state index is 0.145. The van der Waals surface area contributed by atoms with E-state index in [4.69, 9.17) is 4.74 Å². The Morgan fingerprint density at radius 3 is 2.62 bits per heavy atom. The van der Waals surface area contributed by atoms with Gasteiger partial charge in [-0.15, -0.1) is 0 Å². The topological polar surface area (TPSA) is 67.4 Å². The van der Waals surface area contributed by atoms with Crippen molar-refractivity contribution in [3.63, 3.8) is 0 Å². The molecule has 0 aromatic carbocycles. The molecular weight excluding hydrogens is 208 g/mol. The van der Waals surface area contributed by atoms with Gasteiger partial charge in [-0.1, -0.05) is 20.4 Å². The Labute approximate surface area is 96.2 Å². The average molecular weight is 228 g/mol. The van der Waals surface area contributed by atoms with E-state index in [0.29, 0.717) is 19.1 Å². The number of amides is 2. The number of nitrogens with one attached hydrogen (secondary N) is 2. The molecule has 0 saturated heterocycles. The van der Waals surface area contributed by atoms with Crippen LogP contribution in [-0.4, -0.2) is 31.7 Å². The van der Waals surface area contributed by atoms with Gasteiger partial charge in [-0.25, -0.2) is 0 Å². The molecule has 5 heteroatoms. The lowest BCUT2D eigenvalue weighted by atomic mass is 10.2. The van der Waals surface area contributed by atoms with Crippen LogP contribution < -0.4 is 10.6 Å². The van der Waals surface area contributed by atoms with E-state index < -0.39 is 0 Å². The molecule has 2 amide bonds. The first-order valence-electron chi connectivity index (χ1n) is 5.31. The minimum Gasteiger partial charge on any atom is -0.361 e. The first-order valence-corrected chi connectivity index (χ1v) is 5.31. The molecule has 5 nitrogen and oxygen atoms in total. The summed E-state index contributed by atoms with van der Waals surface area (Å²) >= 11 is 0. The predicted octanol–water partition coefficient (Wildman–Crippen LogP) is 0.425. The highest BCUT2D eigenvalue weighted by molar-refractivity contribution is 5.87. The van der Waals surface area contributed by atoms with Crippen LogP contribution in [-0.2, 0) is 14.3 Å². The van der Waals surface area contributed by atoms with Crippen LogP contribution in [0.25, 0.3) is 0 Å². The van der Waals surface area contributed by atoms with Crippen molar-refractivity contribution in [2.24, 2.45) is 5.92 Å². The molecule has 0 atom stereocenters. The van der Waals surface area contributed by atoms with Gasteiger partial charge in [-0.05, 0) is 12.0 Å². The van der Waals surface area contributed by atoms with Crippen molar-refractivity contribution in [2.75, 3.05) is 19.9 Å². The second-order valence-electron chi connectivity index (χ2n) is 3.75. The van der Waals surface area contributed by atoms with Gasteiger partial charge >= 0.3 is 0 Å². The maximum Gasteiger partial charge on any atom is 0.243 e. The van der Waals surface area contributed by atoms with Crippen LogP contribution in [0.3, 0.4) is 0 Å². The van der Waals surface area contributed by atoms with Gasteiger partial charge in [0.2, 0.25) is 11.8 Å². The Morgan fingerprint density at radius 1 is 1.38 bits per heavy atom. The van der Waals surface area contributed by atoms with Gasteiger partial charge in [0.25, 0.3) is 0 Å². The second kappa shape index (κ2) is 8.91. The molecule has 0 aliphatic heterocycles. The van der Waals surface area contributed by atoms with Gasteiger partial charge in [0, 0.05) is 13.0 Å². The third-order valence-corrected chi connectivity index (χ3v) is 1.66. The van der Waals surface area contributed by atoms with Crippen molar-refractivity contribution in [1.82, 2.24) is 10.6 Å². The SMILES string of the molecule is C=CC(=O)NCCC(=O)NCOCC(C)C. The Morgan fingerprint density at radius 2 is 2.06 bits per heavy atom. The average Bonchev–Trinajstić information content (AvgIpc) is 2.24. The van der Waals surface area contributed by atoms with E-state index in [-0.39, 0.29) is 25.0 Å². The molecule has 0 bridgehead atoms.